The molecule has 22 heavy (non-hydrogen) atoms. The highest BCUT2D eigenvalue weighted by atomic mass is 16.5. The Morgan fingerprint density at radius 3 is 2.64 bits per heavy atom. The van der Waals surface area contributed by atoms with Crippen LogP contribution in [0.15, 0.2) is 30.3 Å². The van der Waals surface area contributed by atoms with Gasteiger partial charge < -0.3 is 10.1 Å². The molecule has 1 saturated heterocycles. The molecule has 122 valence electrons. The van der Waals surface area contributed by atoms with Crippen LogP contribution in [0.25, 0.3) is 0 Å². The Morgan fingerprint density at radius 2 is 1.95 bits per heavy atom. The lowest BCUT2D eigenvalue weighted by Gasteiger charge is -2.35. The normalized spacial score (nSPS) is 17.1. The van der Waals surface area contributed by atoms with E-state index in [1.807, 2.05) is 6.07 Å². The van der Waals surface area contributed by atoms with Crippen LogP contribution in [-0.4, -0.2) is 43.7 Å². The van der Waals surface area contributed by atoms with Gasteiger partial charge in [-0.2, -0.15) is 0 Å². The Labute approximate surface area is 133 Å². The maximum absolute atomic E-state index is 12.0. The summed E-state index contributed by atoms with van der Waals surface area (Å²) in [7, 11) is 0. The van der Waals surface area contributed by atoms with Crippen LogP contribution in [0.4, 0.5) is 0 Å². The molecular weight excluding hydrogens is 276 g/mol. The first-order chi connectivity index (χ1) is 10.8. The van der Waals surface area contributed by atoms with Gasteiger partial charge in [0.2, 0.25) is 5.91 Å². The van der Waals surface area contributed by atoms with E-state index >= 15 is 0 Å². The highest BCUT2D eigenvalue weighted by Crippen LogP contribution is 2.21. The van der Waals surface area contributed by atoms with Crippen molar-refractivity contribution >= 4 is 5.91 Å². The third kappa shape index (κ3) is 5.43. The van der Waals surface area contributed by atoms with E-state index in [4.69, 9.17) is 4.74 Å². The van der Waals surface area contributed by atoms with Crippen LogP contribution in [-0.2, 0) is 9.53 Å². The predicted octanol–water partition coefficient (Wildman–Crippen LogP) is 2.76. The van der Waals surface area contributed by atoms with Gasteiger partial charge in [-0.05, 0) is 12.0 Å². The van der Waals surface area contributed by atoms with Crippen molar-refractivity contribution in [2.24, 2.45) is 0 Å². The summed E-state index contributed by atoms with van der Waals surface area (Å²) in [6.07, 6.45) is 3.89. The smallest absolute Gasteiger partial charge is 0.220 e. The van der Waals surface area contributed by atoms with E-state index in [1.54, 1.807) is 0 Å². The number of morpholine rings is 1. The summed E-state index contributed by atoms with van der Waals surface area (Å²) in [4.78, 5) is 14.4. The molecule has 0 spiro atoms. The first kappa shape index (κ1) is 17.0. The van der Waals surface area contributed by atoms with E-state index in [0.717, 1.165) is 45.6 Å². The van der Waals surface area contributed by atoms with Crippen molar-refractivity contribution in [2.45, 2.75) is 38.6 Å². The third-order valence-corrected chi connectivity index (χ3v) is 4.17. The highest BCUT2D eigenvalue weighted by Gasteiger charge is 2.22. The summed E-state index contributed by atoms with van der Waals surface area (Å²) in [5.74, 6) is 0.169. The fourth-order valence-corrected chi connectivity index (χ4v) is 2.86. The van der Waals surface area contributed by atoms with Gasteiger partial charge in [-0.15, -0.1) is 0 Å². The zero-order chi connectivity index (χ0) is 15.6. The third-order valence-electron chi connectivity index (χ3n) is 4.17. The van der Waals surface area contributed by atoms with Gasteiger partial charge in [0.15, 0.2) is 0 Å². The fraction of sp³-hybridized carbons (Fsp3) is 0.611. The van der Waals surface area contributed by atoms with Crippen LogP contribution in [0, 0.1) is 0 Å². The van der Waals surface area contributed by atoms with Gasteiger partial charge in [-0.25, -0.2) is 0 Å². The van der Waals surface area contributed by atoms with Gasteiger partial charge in [-0.1, -0.05) is 50.1 Å². The molecule has 0 bridgehead atoms. The maximum atomic E-state index is 12.0. The van der Waals surface area contributed by atoms with Crippen LogP contribution in [0.2, 0.25) is 0 Å². The Bertz CT molecular complexity index is 430. The summed E-state index contributed by atoms with van der Waals surface area (Å²) in [6, 6.07) is 10.7. The standard InChI is InChI=1S/C18H28N2O2/c1-2-3-5-10-18(21)19-15-17(16-8-6-4-7-9-16)20-11-13-22-14-12-20/h4,6-9,17H,2-3,5,10-15H2,1H3,(H,19,21). The van der Waals surface area contributed by atoms with Gasteiger partial charge in [0.25, 0.3) is 0 Å². The van der Waals surface area contributed by atoms with Crippen molar-refractivity contribution < 1.29 is 9.53 Å². The largest absolute Gasteiger partial charge is 0.379 e. The molecule has 4 nitrogen and oxygen atoms in total. The van der Waals surface area contributed by atoms with Crippen LogP contribution < -0.4 is 5.32 Å². The second-order valence-corrected chi connectivity index (χ2v) is 5.84. The molecule has 0 radical (unpaired) electrons. The molecule has 1 unspecified atom stereocenters. The topological polar surface area (TPSA) is 41.6 Å². The van der Waals surface area contributed by atoms with Crippen molar-refractivity contribution in [1.82, 2.24) is 10.2 Å². The van der Waals surface area contributed by atoms with E-state index in [2.05, 4.69) is 41.4 Å². The molecule has 1 N–H and O–H groups in total. The van der Waals surface area contributed by atoms with Gasteiger partial charge in [0.1, 0.15) is 0 Å². The molecule has 1 heterocycles. The summed E-state index contributed by atoms with van der Waals surface area (Å²) in [6.45, 7) is 6.22. The molecule has 1 aliphatic rings. The molecule has 1 fully saturated rings. The molecule has 0 aliphatic carbocycles. The highest BCUT2D eigenvalue weighted by molar-refractivity contribution is 5.75. The van der Waals surface area contributed by atoms with Crippen molar-refractivity contribution in [1.29, 1.82) is 0 Å². The number of benzene rings is 1. The molecule has 1 atom stereocenters. The number of nitrogens with zero attached hydrogens (tertiary/aromatic N) is 1. The van der Waals surface area contributed by atoms with Crippen LogP contribution in [0.3, 0.4) is 0 Å². The predicted molar refractivity (Wildman–Crippen MR) is 88.7 cm³/mol. The van der Waals surface area contributed by atoms with Gasteiger partial charge in [0.05, 0.1) is 19.3 Å². The lowest BCUT2D eigenvalue weighted by atomic mass is 10.0. The van der Waals surface area contributed by atoms with Crippen molar-refractivity contribution in [3.05, 3.63) is 35.9 Å². The molecule has 1 aliphatic heterocycles. The number of ether oxygens (including phenoxy) is 1. The summed E-state index contributed by atoms with van der Waals surface area (Å²) >= 11 is 0. The Kier molecular flexibility index (Phi) is 7.40. The average molecular weight is 304 g/mol. The first-order valence-corrected chi connectivity index (χ1v) is 8.44. The Morgan fingerprint density at radius 1 is 1.23 bits per heavy atom. The number of nitrogens with one attached hydrogen (secondary N) is 1. The first-order valence-electron chi connectivity index (χ1n) is 8.44. The minimum atomic E-state index is 0.169. The Balaban J connectivity index is 1.91. The van der Waals surface area contributed by atoms with E-state index in [9.17, 15) is 4.79 Å². The maximum Gasteiger partial charge on any atom is 0.220 e. The zero-order valence-electron chi connectivity index (χ0n) is 13.6. The van der Waals surface area contributed by atoms with E-state index < -0.39 is 0 Å². The molecule has 1 amide bonds. The number of amides is 1. The zero-order valence-corrected chi connectivity index (χ0v) is 13.6. The Hall–Kier alpha value is -1.39. The van der Waals surface area contributed by atoms with Crippen molar-refractivity contribution in [3.63, 3.8) is 0 Å². The minimum Gasteiger partial charge on any atom is -0.379 e. The van der Waals surface area contributed by atoms with Gasteiger partial charge in [-0.3, -0.25) is 9.69 Å². The lowest BCUT2D eigenvalue weighted by molar-refractivity contribution is -0.121. The van der Waals surface area contributed by atoms with Crippen molar-refractivity contribution in [2.75, 3.05) is 32.8 Å². The van der Waals surface area contributed by atoms with E-state index in [1.165, 1.54) is 5.56 Å². The average Bonchev–Trinajstić information content (AvgIpc) is 2.57. The monoisotopic (exact) mass is 304 g/mol. The van der Waals surface area contributed by atoms with Crippen molar-refractivity contribution in [3.8, 4) is 0 Å². The molecule has 1 aromatic rings. The quantitative estimate of drug-likeness (QED) is 0.751. The molecule has 4 heteroatoms. The molecular formula is C18H28N2O2. The van der Waals surface area contributed by atoms with Crippen LogP contribution in [0.1, 0.15) is 44.2 Å². The number of hydrogen-bond acceptors (Lipinski definition) is 3. The summed E-state index contributed by atoms with van der Waals surface area (Å²) in [5, 5.41) is 3.12. The molecule has 0 aromatic heterocycles. The van der Waals surface area contributed by atoms with Crippen LogP contribution >= 0.6 is 0 Å². The molecule has 0 saturated carbocycles. The minimum absolute atomic E-state index is 0.169. The second kappa shape index (κ2) is 9.59. The molecule has 2 rings (SSSR count). The fourth-order valence-electron chi connectivity index (χ4n) is 2.86. The number of carbonyl (C=O) groups excluding carboxylic acids is 1. The lowest BCUT2D eigenvalue weighted by Crippen LogP contribution is -2.43. The SMILES string of the molecule is CCCCCC(=O)NCC(c1ccccc1)N1CCOCC1. The number of unbranched alkanes of at least 4 members (excludes halogenated alkanes) is 2. The summed E-state index contributed by atoms with van der Waals surface area (Å²) < 4.78 is 5.45. The van der Waals surface area contributed by atoms with Gasteiger partial charge in [0, 0.05) is 26.1 Å². The van der Waals surface area contributed by atoms with E-state index in [-0.39, 0.29) is 11.9 Å². The van der Waals surface area contributed by atoms with Crippen LogP contribution in [0.5, 0.6) is 0 Å². The number of rotatable bonds is 8. The summed E-state index contributed by atoms with van der Waals surface area (Å²) in [5.41, 5.74) is 1.26. The molecule has 1 aromatic carbocycles. The van der Waals surface area contributed by atoms with E-state index in [0.29, 0.717) is 13.0 Å². The van der Waals surface area contributed by atoms with Gasteiger partial charge >= 0.3 is 0 Å². The second-order valence-electron chi connectivity index (χ2n) is 5.84. The number of hydrogen-bond donors (Lipinski definition) is 1. The number of carbonyl (C=O) groups is 1.